The van der Waals surface area contributed by atoms with Gasteiger partial charge in [0.2, 0.25) is 0 Å². The van der Waals surface area contributed by atoms with Gasteiger partial charge < -0.3 is 21.1 Å². The van der Waals surface area contributed by atoms with Crippen molar-refractivity contribution in [3.63, 3.8) is 0 Å². The second kappa shape index (κ2) is 6.73. The Bertz CT molecular complexity index is 970. The summed E-state index contributed by atoms with van der Waals surface area (Å²) in [5.41, 5.74) is 6.09. The van der Waals surface area contributed by atoms with Crippen LogP contribution in [0.5, 0.6) is 5.75 Å². The van der Waals surface area contributed by atoms with Crippen molar-refractivity contribution in [3.05, 3.63) is 41.7 Å². The third kappa shape index (κ3) is 3.22. The molecule has 0 saturated carbocycles. The van der Waals surface area contributed by atoms with Crippen LogP contribution in [0.4, 0.5) is 10.1 Å². The molecule has 128 valence electrons. The number of nitrogens with two attached hydrogens (primary N) is 1. The molecule has 2 aromatic heterocycles. The number of aromatic nitrogens is 2. The van der Waals surface area contributed by atoms with Gasteiger partial charge in [0, 0.05) is 18.5 Å². The SMILES string of the molecule is CNc1nc(C(N)=O)c(NC(=O)c2cc(OC)c3ccccc3n2)s1. The minimum atomic E-state index is -0.725. The Labute approximate surface area is 147 Å². The minimum absolute atomic E-state index is 0.00421. The highest BCUT2D eigenvalue weighted by molar-refractivity contribution is 7.20. The van der Waals surface area contributed by atoms with E-state index in [1.807, 2.05) is 18.2 Å². The molecule has 0 spiro atoms. The topological polar surface area (TPSA) is 119 Å². The Morgan fingerprint density at radius 1 is 1.24 bits per heavy atom. The normalized spacial score (nSPS) is 10.5. The van der Waals surface area contributed by atoms with Crippen LogP contribution >= 0.6 is 11.3 Å². The van der Waals surface area contributed by atoms with Crippen LogP contribution in [0, 0.1) is 0 Å². The fraction of sp³-hybridized carbons (Fsp3) is 0.125. The van der Waals surface area contributed by atoms with E-state index < -0.39 is 11.8 Å². The number of hydrogen-bond acceptors (Lipinski definition) is 7. The minimum Gasteiger partial charge on any atom is -0.496 e. The van der Waals surface area contributed by atoms with Crippen LogP contribution < -0.4 is 21.1 Å². The van der Waals surface area contributed by atoms with Crippen molar-refractivity contribution in [2.45, 2.75) is 0 Å². The Hall–Kier alpha value is -3.20. The second-order valence-corrected chi connectivity index (χ2v) is 5.99. The molecule has 0 aliphatic heterocycles. The molecule has 3 rings (SSSR count). The highest BCUT2D eigenvalue weighted by atomic mass is 32.1. The number of ether oxygens (including phenoxy) is 1. The average Bonchev–Trinajstić information content (AvgIpc) is 3.03. The van der Waals surface area contributed by atoms with E-state index in [1.54, 1.807) is 19.2 Å². The zero-order valence-electron chi connectivity index (χ0n) is 13.5. The maximum absolute atomic E-state index is 12.6. The molecular weight excluding hydrogens is 342 g/mol. The standard InChI is InChI=1S/C16H15N5O3S/c1-18-16-20-12(13(17)22)15(25-16)21-14(23)10-7-11(24-2)8-5-3-4-6-9(8)19-10/h3-7H,1-2H3,(H2,17,22)(H,18,20)(H,21,23). The molecule has 0 fully saturated rings. The average molecular weight is 357 g/mol. The summed E-state index contributed by atoms with van der Waals surface area (Å²) in [4.78, 5) is 32.4. The van der Waals surface area contributed by atoms with Gasteiger partial charge in [-0.2, -0.15) is 0 Å². The van der Waals surface area contributed by atoms with Crippen molar-refractivity contribution in [1.82, 2.24) is 9.97 Å². The molecule has 9 heteroatoms. The number of hydrogen-bond donors (Lipinski definition) is 3. The number of anilines is 2. The largest absolute Gasteiger partial charge is 0.496 e. The Kier molecular flexibility index (Phi) is 4.48. The van der Waals surface area contributed by atoms with Gasteiger partial charge in [-0.25, -0.2) is 9.97 Å². The van der Waals surface area contributed by atoms with E-state index in [2.05, 4.69) is 20.6 Å². The molecule has 0 bridgehead atoms. The highest BCUT2D eigenvalue weighted by Gasteiger charge is 2.20. The summed E-state index contributed by atoms with van der Waals surface area (Å²) in [7, 11) is 3.18. The van der Waals surface area contributed by atoms with Crippen LogP contribution in [-0.4, -0.2) is 35.9 Å². The lowest BCUT2D eigenvalue weighted by Crippen LogP contribution is -2.18. The summed E-state index contributed by atoms with van der Waals surface area (Å²) >= 11 is 1.11. The van der Waals surface area contributed by atoms with Crippen LogP contribution in [0.3, 0.4) is 0 Å². The molecule has 2 heterocycles. The predicted molar refractivity (Wildman–Crippen MR) is 96.4 cm³/mol. The maximum atomic E-state index is 12.6. The predicted octanol–water partition coefficient (Wildman–Crippen LogP) is 2.09. The van der Waals surface area contributed by atoms with Crippen molar-refractivity contribution in [2.24, 2.45) is 5.73 Å². The lowest BCUT2D eigenvalue weighted by atomic mass is 10.2. The number of thiazole rings is 1. The lowest BCUT2D eigenvalue weighted by Gasteiger charge is -2.08. The summed E-state index contributed by atoms with van der Waals surface area (Å²) in [6, 6.07) is 8.87. The quantitative estimate of drug-likeness (QED) is 0.643. The molecule has 0 unspecified atom stereocenters. The molecule has 0 radical (unpaired) electrons. The smallest absolute Gasteiger partial charge is 0.275 e. The van der Waals surface area contributed by atoms with Crippen LogP contribution in [0.2, 0.25) is 0 Å². The van der Waals surface area contributed by atoms with Gasteiger partial charge in [-0.3, -0.25) is 9.59 Å². The molecule has 3 aromatic rings. The highest BCUT2D eigenvalue weighted by Crippen LogP contribution is 2.29. The van der Waals surface area contributed by atoms with E-state index in [0.717, 1.165) is 16.7 Å². The molecule has 4 N–H and O–H groups in total. The van der Waals surface area contributed by atoms with E-state index in [4.69, 9.17) is 10.5 Å². The van der Waals surface area contributed by atoms with Crippen LogP contribution in [0.15, 0.2) is 30.3 Å². The van der Waals surface area contributed by atoms with Crippen molar-refractivity contribution >= 4 is 44.2 Å². The van der Waals surface area contributed by atoms with Crippen molar-refractivity contribution in [1.29, 1.82) is 0 Å². The molecule has 0 aliphatic carbocycles. The van der Waals surface area contributed by atoms with Gasteiger partial charge in [0.15, 0.2) is 10.8 Å². The Balaban J connectivity index is 1.98. The van der Waals surface area contributed by atoms with Crippen molar-refractivity contribution in [2.75, 3.05) is 24.8 Å². The molecule has 0 saturated heterocycles. The number of carbonyl (C=O) groups excluding carboxylic acids is 2. The number of carbonyl (C=O) groups is 2. The molecule has 25 heavy (non-hydrogen) atoms. The van der Waals surface area contributed by atoms with Crippen LogP contribution in [0.25, 0.3) is 10.9 Å². The van der Waals surface area contributed by atoms with Crippen LogP contribution in [0.1, 0.15) is 21.0 Å². The fourth-order valence-electron chi connectivity index (χ4n) is 2.27. The van der Waals surface area contributed by atoms with E-state index in [9.17, 15) is 9.59 Å². The number of fused-ring (bicyclic) bond motifs is 1. The summed E-state index contributed by atoms with van der Waals surface area (Å²) < 4.78 is 5.34. The van der Waals surface area contributed by atoms with Gasteiger partial charge in [-0.15, -0.1) is 0 Å². The number of nitrogens with zero attached hydrogens (tertiary/aromatic N) is 2. The number of rotatable bonds is 5. The van der Waals surface area contributed by atoms with E-state index in [1.165, 1.54) is 7.11 Å². The number of pyridine rings is 1. The number of primary amides is 1. The first-order chi connectivity index (χ1) is 12.0. The molecule has 8 nitrogen and oxygen atoms in total. The zero-order valence-corrected chi connectivity index (χ0v) is 14.3. The number of amides is 2. The van der Waals surface area contributed by atoms with Gasteiger partial charge in [-0.1, -0.05) is 23.5 Å². The van der Waals surface area contributed by atoms with Gasteiger partial charge in [0.05, 0.1) is 12.6 Å². The Morgan fingerprint density at radius 2 is 2.00 bits per heavy atom. The third-order valence-corrected chi connectivity index (χ3v) is 4.42. The van der Waals surface area contributed by atoms with Gasteiger partial charge in [0.25, 0.3) is 11.8 Å². The molecular formula is C16H15N5O3S. The number of methoxy groups -OCH3 is 1. The fourth-order valence-corrected chi connectivity index (χ4v) is 3.09. The first-order valence-electron chi connectivity index (χ1n) is 7.27. The zero-order chi connectivity index (χ0) is 18.0. The maximum Gasteiger partial charge on any atom is 0.275 e. The molecule has 0 atom stereocenters. The summed E-state index contributed by atoms with van der Waals surface area (Å²) in [5.74, 6) is -0.680. The third-order valence-electron chi connectivity index (χ3n) is 3.43. The van der Waals surface area contributed by atoms with Gasteiger partial charge >= 0.3 is 0 Å². The van der Waals surface area contributed by atoms with Crippen molar-refractivity contribution < 1.29 is 14.3 Å². The van der Waals surface area contributed by atoms with E-state index in [0.29, 0.717) is 16.4 Å². The van der Waals surface area contributed by atoms with E-state index >= 15 is 0 Å². The molecule has 1 aromatic carbocycles. The number of nitrogens with one attached hydrogen (secondary N) is 2. The number of para-hydroxylation sites is 1. The van der Waals surface area contributed by atoms with Crippen LogP contribution in [-0.2, 0) is 0 Å². The summed E-state index contributed by atoms with van der Waals surface area (Å²) in [5, 5.41) is 6.97. The summed E-state index contributed by atoms with van der Waals surface area (Å²) in [6.45, 7) is 0. The van der Waals surface area contributed by atoms with Gasteiger partial charge in [0.1, 0.15) is 16.4 Å². The first-order valence-corrected chi connectivity index (χ1v) is 8.08. The molecule has 0 aliphatic rings. The van der Waals surface area contributed by atoms with Crippen molar-refractivity contribution in [3.8, 4) is 5.75 Å². The summed E-state index contributed by atoms with van der Waals surface area (Å²) in [6.07, 6.45) is 0. The molecule has 2 amide bonds. The monoisotopic (exact) mass is 357 g/mol. The van der Waals surface area contributed by atoms with E-state index in [-0.39, 0.29) is 16.4 Å². The Morgan fingerprint density at radius 3 is 2.68 bits per heavy atom. The number of benzene rings is 1. The first kappa shape index (κ1) is 16.7. The second-order valence-electron chi connectivity index (χ2n) is 4.99. The lowest BCUT2D eigenvalue weighted by molar-refractivity contribution is 0.0997. The van der Waals surface area contributed by atoms with Gasteiger partial charge in [-0.05, 0) is 12.1 Å².